The molecular formula is C38H43NO. The van der Waals surface area contributed by atoms with Crippen LogP contribution in [0.4, 0.5) is 11.4 Å². The number of aryl methyl sites for hydroxylation is 4. The number of hydrogen-bond donors (Lipinski definition) is 0. The van der Waals surface area contributed by atoms with Crippen molar-refractivity contribution in [1.29, 1.82) is 0 Å². The lowest BCUT2D eigenvalue weighted by Gasteiger charge is -2.33. The third-order valence-corrected chi connectivity index (χ3v) is 8.24. The molecule has 0 atom stereocenters. The molecule has 0 aliphatic carbocycles. The van der Waals surface area contributed by atoms with Gasteiger partial charge in [-0.15, -0.1) is 0 Å². The Morgan fingerprint density at radius 3 is 1.40 bits per heavy atom. The molecule has 0 saturated carbocycles. The number of fused-ring (bicyclic) bond motifs is 4. The zero-order valence-electron chi connectivity index (χ0n) is 24.9. The Hall–Kier alpha value is -3.78. The van der Waals surface area contributed by atoms with E-state index in [-0.39, 0.29) is 0 Å². The van der Waals surface area contributed by atoms with Crippen molar-refractivity contribution in [2.45, 2.75) is 73.1 Å². The first-order valence-corrected chi connectivity index (χ1v) is 15.0. The highest BCUT2D eigenvalue weighted by molar-refractivity contribution is 6.05. The number of nitrogens with zero attached hydrogens (tertiary/aromatic N) is 1. The molecule has 1 aliphatic heterocycles. The van der Waals surface area contributed by atoms with Crippen molar-refractivity contribution < 1.29 is 4.74 Å². The second kappa shape index (κ2) is 12.6. The van der Waals surface area contributed by atoms with E-state index >= 15 is 0 Å². The van der Waals surface area contributed by atoms with Crippen LogP contribution in [0.3, 0.4) is 0 Å². The van der Waals surface area contributed by atoms with E-state index in [1.807, 2.05) is 0 Å². The molecule has 206 valence electrons. The minimum absolute atomic E-state index is 0.985. The average molecular weight is 530 g/mol. The third kappa shape index (κ3) is 5.87. The summed E-state index contributed by atoms with van der Waals surface area (Å²) >= 11 is 0. The summed E-state index contributed by atoms with van der Waals surface area (Å²) in [6, 6.07) is 30.4. The smallest absolute Gasteiger partial charge is 0.151 e. The van der Waals surface area contributed by atoms with Gasteiger partial charge in [0.25, 0.3) is 0 Å². The first-order valence-electron chi connectivity index (χ1n) is 15.0. The summed E-state index contributed by atoms with van der Waals surface area (Å²) in [5.74, 6) is 1.97. The second-order valence-corrected chi connectivity index (χ2v) is 11.3. The van der Waals surface area contributed by atoms with E-state index in [2.05, 4.69) is 124 Å². The fourth-order valence-electron chi connectivity index (χ4n) is 5.96. The Morgan fingerprint density at radius 2 is 0.950 bits per heavy atom. The highest BCUT2D eigenvalue weighted by Gasteiger charge is 2.24. The topological polar surface area (TPSA) is 12.5 Å². The van der Waals surface area contributed by atoms with Crippen molar-refractivity contribution in [3.8, 4) is 11.5 Å². The van der Waals surface area contributed by atoms with Crippen LogP contribution in [0.1, 0.15) is 67.7 Å². The van der Waals surface area contributed by atoms with Gasteiger partial charge >= 0.3 is 0 Å². The van der Waals surface area contributed by atoms with Gasteiger partial charge in [-0.2, -0.15) is 0 Å². The lowest BCUT2D eigenvalue weighted by molar-refractivity contribution is 0.471. The molecule has 40 heavy (non-hydrogen) atoms. The highest BCUT2D eigenvalue weighted by atomic mass is 16.5. The van der Waals surface area contributed by atoms with Gasteiger partial charge in [-0.05, 0) is 102 Å². The van der Waals surface area contributed by atoms with Crippen molar-refractivity contribution >= 4 is 32.9 Å². The molecule has 0 aromatic heterocycles. The van der Waals surface area contributed by atoms with E-state index in [1.54, 1.807) is 0 Å². The minimum atomic E-state index is 0.985. The molecule has 5 aromatic carbocycles. The molecule has 0 spiro atoms. The van der Waals surface area contributed by atoms with E-state index in [0.29, 0.717) is 0 Å². The van der Waals surface area contributed by atoms with Gasteiger partial charge < -0.3 is 9.64 Å². The Labute approximate surface area is 240 Å². The van der Waals surface area contributed by atoms with Crippen LogP contribution in [0, 0.1) is 27.7 Å². The first kappa shape index (κ1) is 27.8. The summed E-state index contributed by atoms with van der Waals surface area (Å²) in [5.41, 5.74) is 7.65. The van der Waals surface area contributed by atoms with Crippen LogP contribution in [0.25, 0.3) is 21.5 Å². The van der Waals surface area contributed by atoms with E-state index in [1.165, 1.54) is 93.7 Å². The van der Waals surface area contributed by atoms with Crippen LogP contribution in [0.2, 0.25) is 0 Å². The van der Waals surface area contributed by atoms with Crippen LogP contribution in [-0.4, -0.2) is 6.54 Å². The zero-order valence-corrected chi connectivity index (χ0v) is 24.9. The lowest BCUT2D eigenvalue weighted by atomic mass is 9.93. The highest BCUT2D eigenvalue weighted by Crippen LogP contribution is 2.47. The average Bonchev–Trinajstić information content (AvgIpc) is 2.97. The van der Waals surface area contributed by atoms with Gasteiger partial charge in [0.2, 0.25) is 0 Å². The maximum absolute atomic E-state index is 6.19. The van der Waals surface area contributed by atoms with Gasteiger partial charge in [0.05, 0.1) is 11.4 Å². The van der Waals surface area contributed by atoms with Crippen LogP contribution in [0.15, 0.2) is 84.9 Å². The van der Waals surface area contributed by atoms with Crippen LogP contribution in [-0.2, 0) is 0 Å². The number of ether oxygens (including phenoxy) is 1. The predicted molar refractivity (Wildman–Crippen MR) is 174 cm³/mol. The summed E-state index contributed by atoms with van der Waals surface area (Å²) in [7, 11) is 0. The molecule has 2 nitrogen and oxygen atoms in total. The quantitative estimate of drug-likeness (QED) is 0.153. The summed E-state index contributed by atoms with van der Waals surface area (Å²) in [4.78, 5) is 2.44. The second-order valence-electron chi connectivity index (χ2n) is 11.3. The van der Waals surface area contributed by atoms with Gasteiger partial charge in [0.15, 0.2) is 11.5 Å². The fraction of sp³-hybridized carbons (Fsp3) is 0.316. The summed E-state index contributed by atoms with van der Waals surface area (Å²) in [6.45, 7) is 12.0. The van der Waals surface area contributed by atoms with E-state index in [0.717, 1.165) is 18.0 Å². The molecule has 0 fully saturated rings. The van der Waals surface area contributed by atoms with Gasteiger partial charge in [0.1, 0.15) is 0 Å². The number of rotatable bonds is 7. The van der Waals surface area contributed by atoms with Gasteiger partial charge in [0, 0.05) is 6.54 Å². The first-order chi connectivity index (χ1) is 19.5. The minimum Gasteiger partial charge on any atom is -0.453 e. The molecule has 6 rings (SSSR count). The Kier molecular flexibility index (Phi) is 8.75. The van der Waals surface area contributed by atoms with Gasteiger partial charge in [-0.25, -0.2) is 0 Å². The van der Waals surface area contributed by atoms with E-state index < -0.39 is 0 Å². The van der Waals surface area contributed by atoms with E-state index in [4.69, 9.17) is 4.74 Å². The van der Waals surface area contributed by atoms with Crippen molar-refractivity contribution in [1.82, 2.24) is 0 Å². The molecule has 1 heterocycles. The number of unbranched alkanes of at least 4 members (excludes halogenated alkanes) is 5. The Bertz CT molecular complexity index is 1450. The van der Waals surface area contributed by atoms with Gasteiger partial charge in [-0.1, -0.05) is 99.7 Å². The van der Waals surface area contributed by atoms with Crippen LogP contribution < -0.4 is 9.64 Å². The number of benzene rings is 5. The fourth-order valence-corrected chi connectivity index (χ4v) is 5.96. The van der Waals surface area contributed by atoms with Crippen molar-refractivity contribution in [2.75, 3.05) is 11.4 Å². The Balaban J connectivity index is 0.000000174. The van der Waals surface area contributed by atoms with Crippen LogP contribution in [0.5, 0.6) is 11.5 Å². The SMILES string of the molecule is CCCCCCCCN1c2ccc(C)cc2Oc2cc(C)ccc21.Cc1c2ccccc2c(C)c2ccccc12. The molecule has 0 saturated heterocycles. The molecule has 2 heteroatoms. The molecule has 0 N–H and O–H groups in total. The summed E-state index contributed by atoms with van der Waals surface area (Å²) < 4.78 is 6.19. The van der Waals surface area contributed by atoms with Crippen molar-refractivity contribution in [2.24, 2.45) is 0 Å². The predicted octanol–water partition coefficient (Wildman–Crippen LogP) is 11.5. The molecule has 0 radical (unpaired) electrons. The lowest BCUT2D eigenvalue weighted by Crippen LogP contribution is -2.22. The summed E-state index contributed by atoms with van der Waals surface area (Å²) in [6.07, 6.45) is 7.92. The molecule has 5 aromatic rings. The Morgan fingerprint density at radius 1 is 0.525 bits per heavy atom. The van der Waals surface area contributed by atoms with Crippen LogP contribution >= 0.6 is 0 Å². The normalized spacial score (nSPS) is 12.0. The van der Waals surface area contributed by atoms with Crippen molar-refractivity contribution in [3.05, 3.63) is 107 Å². The molecule has 0 unspecified atom stereocenters. The maximum atomic E-state index is 6.19. The largest absolute Gasteiger partial charge is 0.453 e. The maximum Gasteiger partial charge on any atom is 0.151 e. The van der Waals surface area contributed by atoms with Crippen molar-refractivity contribution in [3.63, 3.8) is 0 Å². The monoisotopic (exact) mass is 529 g/mol. The van der Waals surface area contributed by atoms with Gasteiger partial charge in [-0.3, -0.25) is 0 Å². The number of hydrogen-bond acceptors (Lipinski definition) is 2. The van der Waals surface area contributed by atoms with E-state index in [9.17, 15) is 0 Å². The number of anilines is 2. The molecule has 0 bridgehead atoms. The summed E-state index contributed by atoms with van der Waals surface area (Å²) in [5, 5.41) is 5.50. The molecule has 0 amide bonds. The zero-order chi connectivity index (χ0) is 28.1. The third-order valence-electron chi connectivity index (χ3n) is 8.24. The standard InChI is InChI=1S/C22H29NO.C16H14/c1-4-5-6-7-8-9-14-23-19-12-10-17(2)15-21(19)24-22-16-18(3)11-13-20(22)23;1-11-13-7-3-5-9-15(13)12(2)16-10-6-4-8-14(11)16/h10-13,15-16H,4-9,14H2,1-3H3;3-10H,1-2H3. The molecule has 1 aliphatic rings. The molecular weight excluding hydrogens is 486 g/mol.